The van der Waals surface area contributed by atoms with E-state index in [1.807, 2.05) is 18.2 Å². The van der Waals surface area contributed by atoms with Crippen molar-refractivity contribution in [3.63, 3.8) is 0 Å². The van der Waals surface area contributed by atoms with Gasteiger partial charge in [-0.25, -0.2) is 0 Å². The van der Waals surface area contributed by atoms with Crippen LogP contribution in [0.5, 0.6) is 11.5 Å². The summed E-state index contributed by atoms with van der Waals surface area (Å²) in [6, 6.07) is 5.81. The molecule has 1 saturated carbocycles. The second-order valence-electron chi connectivity index (χ2n) is 6.77. The molecule has 3 rings (SSSR count). The normalized spacial score (nSPS) is 18.5. The second-order valence-corrected chi connectivity index (χ2v) is 6.77. The third kappa shape index (κ3) is 3.42. The van der Waals surface area contributed by atoms with Gasteiger partial charge < -0.3 is 14.8 Å². The molecule has 0 radical (unpaired) electrons. The number of hydrogen-bond acceptors (Lipinski definition) is 3. The third-order valence-electron chi connectivity index (χ3n) is 5.24. The van der Waals surface area contributed by atoms with Crippen molar-refractivity contribution in [1.29, 1.82) is 0 Å². The molecule has 2 aliphatic carbocycles. The molecular formula is C20H27NO3. The molecule has 1 amide bonds. The maximum Gasteiger partial charge on any atom is 0.230 e. The molecule has 4 nitrogen and oxygen atoms in total. The first-order valence-electron chi connectivity index (χ1n) is 8.88. The number of carbonyl (C=O) groups excluding carboxylic acids is 1. The van der Waals surface area contributed by atoms with Gasteiger partial charge in [-0.3, -0.25) is 4.79 Å². The second kappa shape index (κ2) is 7.29. The van der Waals surface area contributed by atoms with Gasteiger partial charge in [0.2, 0.25) is 5.91 Å². The Morgan fingerprint density at radius 2 is 1.96 bits per heavy atom. The number of allylic oxidation sites excluding steroid dienone is 1. The quantitative estimate of drug-likeness (QED) is 0.775. The van der Waals surface area contributed by atoms with Gasteiger partial charge in [0, 0.05) is 6.54 Å². The molecule has 0 aliphatic heterocycles. The van der Waals surface area contributed by atoms with Crippen LogP contribution in [0.4, 0.5) is 0 Å². The SMILES string of the molecule is COc1ccc(C2(C(=O)NCCC3=CCCCC3)CC2)cc1OC. The summed E-state index contributed by atoms with van der Waals surface area (Å²) in [4.78, 5) is 12.7. The molecule has 0 atom stereocenters. The summed E-state index contributed by atoms with van der Waals surface area (Å²) in [6.45, 7) is 0.736. The minimum absolute atomic E-state index is 0.145. The molecule has 24 heavy (non-hydrogen) atoms. The lowest BCUT2D eigenvalue weighted by Crippen LogP contribution is -2.35. The van der Waals surface area contributed by atoms with Crippen LogP contribution in [0.3, 0.4) is 0 Å². The highest BCUT2D eigenvalue weighted by Gasteiger charge is 2.51. The van der Waals surface area contributed by atoms with E-state index in [2.05, 4.69) is 11.4 Å². The predicted octanol–water partition coefficient (Wildman–Crippen LogP) is 3.74. The molecule has 130 valence electrons. The third-order valence-corrected chi connectivity index (χ3v) is 5.24. The minimum atomic E-state index is -0.375. The van der Waals surface area contributed by atoms with E-state index >= 15 is 0 Å². The Hall–Kier alpha value is -1.97. The van der Waals surface area contributed by atoms with E-state index in [0.717, 1.165) is 31.4 Å². The maximum absolute atomic E-state index is 12.7. The summed E-state index contributed by atoms with van der Waals surface area (Å²) >= 11 is 0. The lowest BCUT2D eigenvalue weighted by molar-refractivity contribution is -0.123. The molecule has 2 aliphatic rings. The molecule has 0 spiro atoms. The molecule has 1 aromatic rings. The minimum Gasteiger partial charge on any atom is -0.493 e. The van der Waals surface area contributed by atoms with Crippen LogP contribution in [0.15, 0.2) is 29.8 Å². The molecule has 0 unspecified atom stereocenters. The van der Waals surface area contributed by atoms with E-state index < -0.39 is 0 Å². The summed E-state index contributed by atoms with van der Waals surface area (Å²) in [7, 11) is 3.25. The lowest BCUT2D eigenvalue weighted by atomic mass is 9.94. The first-order chi connectivity index (χ1) is 11.7. The van der Waals surface area contributed by atoms with Crippen molar-refractivity contribution in [1.82, 2.24) is 5.32 Å². The Morgan fingerprint density at radius 3 is 2.58 bits per heavy atom. The van der Waals surface area contributed by atoms with Crippen molar-refractivity contribution in [3.05, 3.63) is 35.4 Å². The van der Waals surface area contributed by atoms with Gasteiger partial charge in [-0.15, -0.1) is 0 Å². The predicted molar refractivity (Wildman–Crippen MR) is 94.6 cm³/mol. The summed E-state index contributed by atoms with van der Waals surface area (Å²) in [5.74, 6) is 1.52. The van der Waals surface area contributed by atoms with Gasteiger partial charge in [0.05, 0.1) is 19.6 Å². The van der Waals surface area contributed by atoms with Crippen LogP contribution in [0.25, 0.3) is 0 Å². The summed E-state index contributed by atoms with van der Waals surface area (Å²) in [6.07, 6.45) is 10.1. The van der Waals surface area contributed by atoms with Crippen molar-refractivity contribution in [2.45, 2.75) is 50.4 Å². The number of rotatable bonds is 7. The number of amides is 1. The summed E-state index contributed by atoms with van der Waals surface area (Å²) in [5, 5.41) is 3.15. The highest BCUT2D eigenvalue weighted by Crippen LogP contribution is 2.50. The molecule has 1 N–H and O–H groups in total. The molecule has 1 aromatic carbocycles. The van der Waals surface area contributed by atoms with Crippen molar-refractivity contribution in [2.24, 2.45) is 0 Å². The van der Waals surface area contributed by atoms with Crippen molar-refractivity contribution in [3.8, 4) is 11.5 Å². The van der Waals surface area contributed by atoms with Crippen molar-refractivity contribution >= 4 is 5.91 Å². The zero-order chi connectivity index (χ0) is 17.0. The van der Waals surface area contributed by atoms with E-state index in [1.165, 1.54) is 31.3 Å². The number of ether oxygens (including phenoxy) is 2. The molecule has 1 fully saturated rings. The topological polar surface area (TPSA) is 47.6 Å². The first kappa shape index (κ1) is 16.9. The van der Waals surface area contributed by atoms with E-state index in [9.17, 15) is 4.79 Å². The van der Waals surface area contributed by atoms with E-state index in [4.69, 9.17) is 9.47 Å². The Kier molecular flexibility index (Phi) is 5.12. The van der Waals surface area contributed by atoms with E-state index in [0.29, 0.717) is 11.5 Å². The number of carbonyl (C=O) groups is 1. The monoisotopic (exact) mass is 329 g/mol. The van der Waals surface area contributed by atoms with Crippen LogP contribution in [-0.4, -0.2) is 26.7 Å². The molecule has 0 bridgehead atoms. The number of benzene rings is 1. The molecule has 0 heterocycles. The number of hydrogen-bond donors (Lipinski definition) is 1. The van der Waals surface area contributed by atoms with Crippen LogP contribution >= 0.6 is 0 Å². The fraction of sp³-hybridized carbons (Fsp3) is 0.550. The van der Waals surface area contributed by atoms with Gasteiger partial charge in [-0.1, -0.05) is 17.7 Å². The summed E-state index contributed by atoms with van der Waals surface area (Å²) < 4.78 is 10.7. The van der Waals surface area contributed by atoms with E-state index in [-0.39, 0.29) is 11.3 Å². The molecule has 4 heteroatoms. The summed E-state index contributed by atoms with van der Waals surface area (Å²) in [5.41, 5.74) is 2.15. The van der Waals surface area contributed by atoms with Gasteiger partial charge in [-0.05, 0) is 62.6 Å². The van der Waals surface area contributed by atoms with Crippen LogP contribution in [-0.2, 0) is 10.2 Å². The van der Waals surface area contributed by atoms with E-state index in [1.54, 1.807) is 14.2 Å². The highest BCUT2D eigenvalue weighted by molar-refractivity contribution is 5.91. The Labute approximate surface area is 144 Å². The Morgan fingerprint density at radius 1 is 1.17 bits per heavy atom. The molecular weight excluding hydrogens is 302 g/mol. The number of nitrogens with one attached hydrogen (secondary N) is 1. The van der Waals surface area contributed by atoms with Gasteiger partial charge in [0.15, 0.2) is 11.5 Å². The Balaban J connectivity index is 1.62. The maximum atomic E-state index is 12.7. The average Bonchev–Trinajstić information content (AvgIpc) is 3.44. The standard InChI is InChI=1S/C20H27NO3/c1-23-17-9-8-16(14-18(17)24-2)20(11-12-20)19(22)21-13-10-15-6-4-3-5-7-15/h6,8-9,14H,3-5,7,10-13H2,1-2H3,(H,21,22). The van der Waals surface area contributed by atoms with Gasteiger partial charge in [0.25, 0.3) is 0 Å². The van der Waals surface area contributed by atoms with Crippen LogP contribution in [0, 0.1) is 0 Å². The van der Waals surface area contributed by atoms with Gasteiger partial charge in [0.1, 0.15) is 0 Å². The number of methoxy groups -OCH3 is 2. The lowest BCUT2D eigenvalue weighted by Gasteiger charge is -2.18. The van der Waals surface area contributed by atoms with Crippen molar-refractivity contribution in [2.75, 3.05) is 20.8 Å². The van der Waals surface area contributed by atoms with Gasteiger partial charge in [-0.2, -0.15) is 0 Å². The van der Waals surface area contributed by atoms with Crippen molar-refractivity contribution < 1.29 is 14.3 Å². The zero-order valence-corrected chi connectivity index (χ0v) is 14.7. The largest absolute Gasteiger partial charge is 0.493 e. The first-order valence-corrected chi connectivity index (χ1v) is 8.88. The van der Waals surface area contributed by atoms with Gasteiger partial charge >= 0.3 is 0 Å². The smallest absolute Gasteiger partial charge is 0.230 e. The van der Waals surface area contributed by atoms with Crippen LogP contribution in [0.1, 0.15) is 50.5 Å². The van der Waals surface area contributed by atoms with Crippen LogP contribution in [0.2, 0.25) is 0 Å². The highest BCUT2D eigenvalue weighted by atomic mass is 16.5. The fourth-order valence-electron chi connectivity index (χ4n) is 3.54. The average molecular weight is 329 g/mol. The zero-order valence-electron chi connectivity index (χ0n) is 14.7. The Bertz CT molecular complexity index is 632. The fourth-order valence-corrected chi connectivity index (χ4v) is 3.54. The molecule has 0 saturated heterocycles. The molecule has 0 aromatic heterocycles. The van der Waals surface area contributed by atoms with Crippen LogP contribution < -0.4 is 14.8 Å².